The van der Waals surface area contributed by atoms with E-state index in [0.29, 0.717) is 0 Å². The van der Waals surface area contributed by atoms with Crippen LogP contribution in [0.3, 0.4) is 0 Å². The zero-order valence-corrected chi connectivity index (χ0v) is 17.4. The first kappa shape index (κ1) is 22.7. The summed E-state index contributed by atoms with van der Waals surface area (Å²) in [7, 11) is -4.03. The van der Waals surface area contributed by atoms with Crippen LogP contribution in [0, 0.1) is 0 Å². The molecule has 7 heteroatoms. The van der Waals surface area contributed by atoms with E-state index in [0.717, 1.165) is 6.07 Å². The Morgan fingerprint density at radius 1 is 0.815 bits per heavy atom. The third kappa shape index (κ3) is 4.17. The molecule has 0 spiro atoms. The molecule has 3 rings (SSSR count). The van der Waals surface area contributed by atoms with Gasteiger partial charge in [-0.3, -0.25) is 14.4 Å². The summed E-state index contributed by atoms with van der Waals surface area (Å²) in [4.78, 5) is 34.7. The standard InChI is InChI=1S/C16H9ClO5S.2C2H6/c1-8(18)9-2-4-11-13(6-9)23(21,22)14-7-10(16(17)20)3-5-12(14)15(11)19;2*1-2/h2-7H,1H3;2*1-2H3. The Labute approximate surface area is 164 Å². The van der Waals surface area contributed by atoms with Crippen molar-refractivity contribution in [3.8, 4) is 0 Å². The second-order valence-corrected chi connectivity index (χ2v) is 7.31. The smallest absolute Gasteiger partial charge is 0.252 e. The molecule has 0 amide bonds. The van der Waals surface area contributed by atoms with Gasteiger partial charge in [-0.1, -0.05) is 33.8 Å². The van der Waals surface area contributed by atoms with Crippen molar-refractivity contribution in [1.82, 2.24) is 0 Å². The minimum atomic E-state index is -4.03. The van der Waals surface area contributed by atoms with Crippen LogP contribution in [0.15, 0.2) is 46.2 Å². The minimum absolute atomic E-state index is 0.00690. The van der Waals surface area contributed by atoms with E-state index in [1.54, 1.807) is 0 Å². The summed E-state index contributed by atoms with van der Waals surface area (Å²) in [5.74, 6) is -0.792. The molecule has 2 aromatic rings. The van der Waals surface area contributed by atoms with Crippen LogP contribution in [0.1, 0.15) is 71.3 Å². The summed E-state index contributed by atoms with van der Waals surface area (Å²) in [6, 6.07) is 7.58. The van der Waals surface area contributed by atoms with Gasteiger partial charge in [0.2, 0.25) is 9.84 Å². The van der Waals surface area contributed by atoms with Gasteiger partial charge in [0.05, 0.1) is 9.79 Å². The number of rotatable bonds is 2. The maximum atomic E-state index is 12.8. The second kappa shape index (κ2) is 9.06. The van der Waals surface area contributed by atoms with E-state index >= 15 is 0 Å². The maximum Gasteiger partial charge on any atom is 0.252 e. The molecule has 1 aliphatic heterocycles. The number of halogens is 1. The van der Waals surface area contributed by atoms with E-state index < -0.39 is 20.9 Å². The summed E-state index contributed by atoms with van der Waals surface area (Å²) in [6.45, 7) is 9.30. The average Bonchev–Trinajstić information content (AvgIpc) is 2.68. The number of benzene rings is 2. The highest BCUT2D eigenvalue weighted by molar-refractivity contribution is 7.91. The van der Waals surface area contributed by atoms with E-state index in [4.69, 9.17) is 11.6 Å². The van der Waals surface area contributed by atoms with E-state index in [-0.39, 0.29) is 37.8 Å². The molecule has 144 valence electrons. The number of Topliss-reactive ketones (excluding diaryl/α,β-unsaturated/α-hetero) is 1. The first-order valence-electron chi connectivity index (χ1n) is 8.52. The summed E-state index contributed by atoms with van der Waals surface area (Å²) >= 11 is 5.38. The largest absolute Gasteiger partial charge is 0.295 e. The van der Waals surface area contributed by atoms with Crippen molar-refractivity contribution in [2.75, 3.05) is 0 Å². The van der Waals surface area contributed by atoms with Crippen LogP contribution in [0.4, 0.5) is 0 Å². The Morgan fingerprint density at radius 3 is 1.63 bits per heavy atom. The molecule has 0 saturated carbocycles. The predicted molar refractivity (Wildman–Crippen MR) is 105 cm³/mol. The first-order chi connectivity index (χ1) is 12.7. The van der Waals surface area contributed by atoms with Gasteiger partial charge < -0.3 is 0 Å². The van der Waals surface area contributed by atoms with Gasteiger partial charge in [0.1, 0.15) is 0 Å². The lowest BCUT2D eigenvalue weighted by Gasteiger charge is -2.19. The lowest BCUT2D eigenvalue weighted by molar-refractivity contribution is 0.101. The molecule has 0 atom stereocenters. The normalized spacial score (nSPS) is 13.0. The van der Waals surface area contributed by atoms with Gasteiger partial charge in [-0.2, -0.15) is 0 Å². The van der Waals surface area contributed by atoms with Crippen LogP contribution in [0.5, 0.6) is 0 Å². The molecule has 0 radical (unpaired) electrons. The average molecular weight is 409 g/mol. The fraction of sp³-hybridized carbons (Fsp3) is 0.250. The fourth-order valence-electron chi connectivity index (χ4n) is 2.47. The molecule has 0 bridgehead atoms. The summed E-state index contributed by atoms with van der Waals surface area (Å²) in [5.41, 5.74) is 0.156. The van der Waals surface area contributed by atoms with Crippen LogP contribution in [0.2, 0.25) is 0 Å². The Hall–Kier alpha value is -2.31. The van der Waals surface area contributed by atoms with Gasteiger partial charge in [-0.15, -0.1) is 0 Å². The zero-order chi connectivity index (χ0) is 20.9. The lowest BCUT2D eigenvalue weighted by atomic mass is 9.99. The molecular formula is C20H21ClO5S. The molecule has 1 heterocycles. The van der Waals surface area contributed by atoms with Crippen LogP contribution in [-0.4, -0.2) is 25.2 Å². The topological polar surface area (TPSA) is 85.3 Å². The number of carbonyl (C=O) groups is 3. The highest BCUT2D eigenvalue weighted by Crippen LogP contribution is 2.35. The van der Waals surface area contributed by atoms with Crippen LogP contribution in [-0.2, 0) is 9.84 Å². The summed E-state index contributed by atoms with van der Waals surface area (Å²) in [5, 5.41) is -0.821. The van der Waals surface area contributed by atoms with Gasteiger partial charge in [-0.25, -0.2) is 8.42 Å². The zero-order valence-electron chi connectivity index (χ0n) is 15.8. The Morgan fingerprint density at radius 2 is 1.22 bits per heavy atom. The maximum absolute atomic E-state index is 12.8. The van der Waals surface area contributed by atoms with Crippen molar-refractivity contribution < 1.29 is 22.8 Å². The predicted octanol–water partition coefficient (Wildman–Crippen LogP) is 4.70. The van der Waals surface area contributed by atoms with E-state index in [2.05, 4.69) is 0 Å². The van der Waals surface area contributed by atoms with Crippen LogP contribution < -0.4 is 0 Å². The van der Waals surface area contributed by atoms with Crippen molar-refractivity contribution in [2.45, 2.75) is 44.4 Å². The fourth-order valence-corrected chi connectivity index (χ4v) is 4.29. The number of carbonyl (C=O) groups excluding carboxylic acids is 3. The first-order valence-corrected chi connectivity index (χ1v) is 10.4. The molecule has 0 unspecified atom stereocenters. The van der Waals surface area contributed by atoms with Crippen molar-refractivity contribution >= 4 is 38.2 Å². The van der Waals surface area contributed by atoms with E-state index in [1.165, 1.54) is 37.3 Å². The van der Waals surface area contributed by atoms with Crippen molar-refractivity contribution in [1.29, 1.82) is 0 Å². The minimum Gasteiger partial charge on any atom is -0.295 e. The van der Waals surface area contributed by atoms with Crippen LogP contribution in [0.25, 0.3) is 0 Å². The number of fused-ring (bicyclic) bond motifs is 2. The van der Waals surface area contributed by atoms with Crippen molar-refractivity contribution in [3.63, 3.8) is 0 Å². The number of sulfone groups is 1. The lowest BCUT2D eigenvalue weighted by Crippen LogP contribution is -2.21. The number of hydrogen-bond acceptors (Lipinski definition) is 5. The molecule has 0 aromatic heterocycles. The van der Waals surface area contributed by atoms with E-state index in [1.807, 2.05) is 27.7 Å². The molecule has 0 aliphatic carbocycles. The van der Waals surface area contributed by atoms with Gasteiger partial charge in [-0.05, 0) is 48.9 Å². The second-order valence-electron chi connectivity index (χ2n) is 5.08. The van der Waals surface area contributed by atoms with E-state index in [9.17, 15) is 22.8 Å². The molecular weight excluding hydrogens is 388 g/mol. The molecule has 0 N–H and O–H groups in total. The highest BCUT2D eigenvalue weighted by Gasteiger charge is 2.35. The Bertz CT molecular complexity index is 934. The third-order valence-electron chi connectivity index (χ3n) is 3.66. The molecule has 27 heavy (non-hydrogen) atoms. The monoisotopic (exact) mass is 408 g/mol. The third-order valence-corrected chi connectivity index (χ3v) is 5.72. The van der Waals surface area contributed by atoms with Crippen molar-refractivity contribution in [3.05, 3.63) is 58.7 Å². The molecule has 0 fully saturated rings. The Balaban J connectivity index is 0.000000855. The van der Waals surface area contributed by atoms with Gasteiger partial charge in [0.25, 0.3) is 5.24 Å². The number of hydrogen-bond donors (Lipinski definition) is 0. The van der Waals surface area contributed by atoms with Gasteiger partial charge >= 0.3 is 0 Å². The number of ketones is 2. The molecule has 5 nitrogen and oxygen atoms in total. The molecule has 2 aromatic carbocycles. The molecule has 1 aliphatic rings. The van der Waals surface area contributed by atoms with Crippen LogP contribution >= 0.6 is 11.6 Å². The SMILES string of the molecule is CC.CC.CC(=O)c1ccc2c(c1)S(=O)(=O)c1cc(C(=O)Cl)ccc1C2=O. The summed E-state index contributed by atoms with van der Waals surface area (Å²) < 4.78 is 25.5. The highest BCUT2D eigenvalue weighted by atomic mass is 35.5. The summed E-state index contributed by atoms with van der Waals surface area (Å²) in [6.07, 6.45) is 0. The Kier molecular flexibility index (Phi) is 7.63. The van der Waals surface area contributed by atoms with Crippen molar-refractivity contribution in [2.24, 2.45) is 0 Å². The van der Waals surface area contributed by atoms with Gasteiger partial charge in [0.15, 0.2) is 11.6 Å². The molecule has 0 saturated heterocycles. The quantitative estimate of drug-likeness (QED) is 0.453. The van der Waals surface area contributed by atoms with Gasteiger partial charge in [0, 0.05) is 22.3 Å².